The Morgan fingerprint density at radius 3 is 1.70 bits per heavy atom. The fraction of sp³-hybridized carbons (Fsp3) is 0.250. The second kappa shape index (κ2) is 5.88. The minimum absolute atomic E-state index is 0. The van der Waals surface area contributed by atoms with Gasteiger partial charge < -0.3 is 0 Å². The van der Waals surface area contributed by atoms with Gasteiger partial charge in [0.2, 0.25) is 0 Å². The Bertz CT molecular complexity index is 169. The van der Waals surface area contributed by atoms with Crippen LogP contribution in [0.15, 0.2) is 18.2 Å². The van der Waals surface area contributed by atoms with E-state index in [1.807, 2.05) is 32.0 Å². The first-order valence-corrected chi connectivity index (χ1v) is 2.74. The molecule has 0 aliphatic heterocycles. The van der Waals surface area contributed by atoms with Crippen molar-refractivity contribution >= 4 is 12.4 Å². The summed E-state index contributed by atoms with van der Waals surface area (Å²) in [5.41, 5.74) is 2.43. The Labute approximate surface area is 81.2 Å². The van der Waals surface area contributed by atoms with Gasteiger partial charge in [0.05, 0.1) is 0 Å². The van der Waals surface area contributed by atoms with Crippen LogP contribution in [0.3, 0.4) is 0 Å². The minimum atomic E-state index is 0. The van der Waals surface area contributed by atoms with E-state index in [-0.39, 0.29) is 31.9 Å². The molecule has 0 aromatic heterocycles. The number of hydrogen-bond acceptors (Lipinski definition) is 0. The third-order valence-corrected chi connectivity index (χ3v) is 1.09. The summed E-state index contributed by atoms with van der Waals surface area (Å²) in [7, 11) is 0. The van der Waals surface area contributed by atoms with Crippen LogP contribution in [0.2, 0.25) is 0 Å². The molecule has 0 aliphatic rings. The SMILES string of the molecule is Cc1[c-]c(C)ccc1.Cl.[Zn]. The molecule has 0 bridgehead atoms. The Balaban J connectivity index is 0. The predicted octanol–water partition coefficient (Wildman–Crippen LogP) is 2.52. The van der Waals surface area contributed by atoms with E-state index < -0.39 is 0 Å². The number of halogens is 1. The van der Waals surface area contributed by atoms with E-state index in [1.165, 1.54) is 11.1 Å². The number of hydrogen-bond donors (Lipinski definition) is 0. The van der Waals surface area contributed by atoms with E-state index in [1.54, 1.807) is 0 Å². The summed E-state index contributed by atoms with van der Waals surface area (Å²) < 4.78 is 0. The van der Waals surface area contributed by atoms with Crippen molar-refractivity contribution in [3.05, 3.63) is 35.4 Å². The van der Waals surface area contributed by atoms with E-state index in [0.717, 1.165) is 0 Å². The van der Waals surface area contributed by atoms with Gasteiger partial charge in [0.15, 0.2) is 0 Å². The summed E-state index contributed by atoms with van der Waals surface area (Å²) in [6.07, 6.45) is 0. The Kier molecular flexibility index (Phi) is 7.52. The number of benzene rings is 1. The zero-order valence-corrected chi connectivity index (χ0v) is 10.1. The van der Waals surface area contributed by atoms with Gasteiger partial charge in [-0.3, -0.25) is 0 Å². The first-order valence-electron chi connectivity index (χ1n) is 2.74. The fourth-order valence-electron chi connectivity index (χ4n) is 0.731. The summed E-state index contributed by atoms with van der Waals surface area (Å²) in [5, 5.41) is 0. The number of aryl methyl sites for hydroxylation is 2. The molecule has 52 valence electrons. The molecule has 0 aliphatic carbocycles. The molecule has 0 saturated heterocycles. The van der Waals surface area contributed by atoms with Crippen molar-refractivity contribution < 1.29 is 19.5 Å². The average molecular weight is 207 g/mol. The molecule has 2 heteroatoms. The standard InChI is InChI=1S/C8H9.ClH.Zn/c1-7-4-3-5-8(2)6-7;;/h3-5H,1-2H3;1H;/q-1;;. The summed E-state index contributed by atoms with van der Waals surface area (Å²) in [6.45, 7) is 4.10. The van der Waals surface area contributed by atoms with E-state index in [9.17, 15) is 0 Å². The zero-order valence-electron chi connectivity index (χ0n) is 6.35. The van der Waals surface area contributed by atoms with Crippen LogP contribution in [0.4, 0.5) is 0 Å². The molecule has 0 amide bonds. The summed E-state index contributed by atoms with van der Waals surface area (Å²) in [4.78, 5) is 0. The molecule has 1 rings (SSSR count). The van der Waals surface area contributed by atoms with E-state index in [4.69, 9.17) is 0 Å². The summed E-state index contributed by atoms with van der Waals surface area (Å²) in [6, 6.07) is 9.31. The molecular weight excluding hydrogens is 197 g/mol. The molecule has 1 aromatic rings. The molecule has 10 heavy (non-hydrogen) atoms. The number of rotatable bonds is 0. The maximum Gasteiger partial charge on any atom is 0 e. The molecule has 0 atom stereocenters. The van der Waals surface area contributed by atoms with Gasteiger partial charge in [0.25, 0.3) is 0 Å². The van der Waals surface area contributed by atoms with Crippen LogP contribution in [-0.4, -0.2) is 0 Å². The maximum atomic E-state index is 3.17. The van der Waals surface area contributed by atoms with Crippen molar-refractivity contribution in [3.8, 4) is 0 Å². The van der Waals surface area contributed by atoms with Gasteiger partial charge in [-0.25, -0.2) is 0 Å². The zero-order chi connectivity index (χ0) is 5.98. The molecular formula is C8H10ClZn-. The van der Waals surface area contributed by atoms with Gasteiger partial charge in [0.1, 0.15) is 0 Å². The van der Waals surface area contributed by atoms with E-state index >= 15 is 0 Å². The first-order chi connectivity index (χ1) is 3.79. The van der Waals surface area contributed by atoms with Crippen molar-refractivity contribution in [2.24, 2.45) is 0 Å². The minimum Gasteiger partial charge on any atom is -0.177 e. The van der Waals surface area contributed by atoms with Gasteiger partial charge in [-0.1, -0.05) is 13.8 Å². The van der Waals surface area contributed by atoms with Crippen molar-refractivity contribution in [3.63, 3.8) is 0 Å². The van der Waals surface area contributed by atoms with Crippen molar-refractivity contribution in [2.75, 3.05) is 0 Å². The van der Waals surface area contributed by atoms with Crippen LogP contribution >= 0.6 is 12.4 Å². The van der Waals surface area contributed by atoms with Crippen LogP contribution < -0.4 is 0 Å². The molecule has 0 unspecified atom stereocenters. The van der Waals surface area contributed by atoms with Crippen LogP contribution in [0.5, 0.6) is 0 Å². The third kappa shape index (κ3) is 4.03. The molecule has 0 heterocycles. The van der Waals surface area contributed by atoms with Gasteiger partial charge in [0, 0.05) is 19.5 Å². The Morgan fingerprint density at radius 2 is 1.50 bits per heavy atom. The van der Waals surface area contributed by atoms with Gasteiger partial charge in [-0.15, -0.1) is 12.4 Å². The Morgan fingerprint density at radius 1 is 1.10 bits per heavy atom. The molecule has 0 radical (unpaired) electrons. The quantitative estimate of drug-likeness (QED) is 0.453. The Hall–Kier alpha value is 0.133. The summed E-state index contributed by atoms with van der Waals surface area (Å²) in [5.74, 6) is 0. The topological polar surface area (TPSA) is 0 Å². The molecule has 1 aromatic carbocycles. The smallest absolute Gasteiger partial charge is 0 e. The molecule has 0 fully saturated rings. The molecule has 0 nitrogen and oxygen atoms in total. The largest absolute Gasteiger partial charge is 0.177 e. The average Bonchev–Trinajstić information content (AvgIpc) is 1.64. The van der Waals surface area contributed by atoms with Gasteiger partial charge in [-0.05, 0) is 0 Å². The molecule has 0 saturated carbocycles. The van der Waals surface area contributed by atoms with Gasteiger partial charge >= 0.3 is 0 Å². The monoisotopic (exact) mass is 205 g/mol. The van der Waals surface area contributed by atoms with Crippen LogP contribution in [0.1, 0.15) is 11.1 Å². The predicted molar refractivity (Wildman–Crippen MR) is 42.0 cm³/mol. The maximum absolute atomic E-state index is 3.17. The molecule has 0 spiro atoms. The second-order valence-electron chi connectivity index (χ2n) is 2.02. The van der Waals surface area contributed by atoms with E-state index in [0.29, 0.717) is 0 Å². The van der Waals surface area contributed by atoms with Crippen LogP contribution in [0, 0.1) is 19.9 Å². The van der Waals surface area contributed by atoms with Crippen LogP contribution in [-0.2, 0) is 19.5 Å². The summed E-state index contributed by atoms with van der Waals surface area (Å²) >= 11 is 0. The molecule has 0 N–H and O–H groups in total. The second-order valence-corrected chi connectivity index (χ2v) is 2.02. The van der Waals surface area contributed by atoms with Crippen molar-refractivity contribution in [2.45, 2.75) is 13.8 Å². The van der Waals surface area contributed by atoms with E-state index in [2.05, 4.69) is 6.07 Å². The van der Waals surface area contributed by atoms with Crippen LogP contribution in [0.25, 0.3) is 0 Å². The fourth-order valence-corrected chi connectivity index (χ4v) is 0.731. The third-order valence-electron chi connectivity index (χ3n) is 1.09. The van der Waals surface area contributed by atoms with Gasteiger partial charge in [-0.2, -0.15) is 35.4 Å². The normalized spacial score (nSPS) is 7.40. The van der Waals surface area contributed by atoms with Crippen molar-refractivity contribution in [1.29, 1.82) is 0 Å². The van der Waals surface area contributed by atoms with Crippen molar-refractivity contribution in [1.82, 2.24) is 0 Å². The first kappa shape index (κ1) is 12.8.